The number of unbranched alkanes of at least 4 members (excludes halogenated alkanes) is 1. The van der Waals surface area contributed by atoms with Crippen LogP contribution in [0.4, 0.5) is 0 Å². The van der Waals surface area contributed by atoms with Crippen LogP contribution in [0.5, 0.6) is 28.7 Å². The van der Waals surface area contributed by atoms with Gasteiger partial charge in [0.25, 0.3) is 0 Å². The molecule has 0 aromatic heterocycles. The number of hydrogen-bond acceptors (Lipinski definition) is 7. The molecular weight excluding hydrogens is 492 g/mol. The molecule has 2 aromatic carbocycles. The summed E-state index contributed by atoms with van der Waals surface area (Å²) >= 11 is 0. The number of benzene rings is 2. The second kappa shape index (κ2) is 16.1. The third-order valence-corrected chi connectivity index (χ3v) is 7.34. The van der Waals surface area contributed by atoms with Crippen molar-refractivity contribution >= 4 is 0 Å². The van der Waals surface area contributed by atoms with Gasteiger partial charge < -0.3 is 28.6 Å². The van der Waals surface area contributed by atoms with Crippen LogP contribution in [0.15, 0.2) is 18.2 Å². The Balaban J connectivity index is 2.21. The molecular formula is C32H48N2O5. The van der Waals surface area contributed by atoms with Crippen LogP contribution in [-0.4, -0.2) is 60.6 Å². The maximum Gasteiger partial charge on any atom is 0.203 e. The summed E-state index contributed by atoms with van der Waals surface area (Å²) in [7, 11) is 10.4. The number of ether oxygens (including phenoxy) is 5. The maximum atomic E-state index is 9.98. The van der Waals surface area contributed by atoms with Gasteiger partial charge in [0, 0.05) is 12.1 Å². The zero-order valence-corrected chi connectivity index (χ0v) is 25.5. The van der Waals surface area contributed by atoms with Gasteiger partial charge in [0.05, 0.1) is 47.5 Å². The van der Waals surface area contributed by atoms with Gasteiger partial charge >= 0.3 is 0 Å². The van der Waals surface area contributed by atoms with Gasteiger partial charge in [-0.05, 0) is 86.5 Å². The quantitative estimate of drug-likeness (QED) is 0.228. The number of methoxy groups -OCH3 is 5. The van der Waals surface area contributed by atoms with E-state index in [1.165, 1.54) is 11.1 Å². The van der Waals surface area contributed by atoms with Crippen LogP contribution in [0.25, 0.3) is 0 Å². The Bertz CT molecular complexity index is 1090. The van der Waals surface area contributed by atoms with Gasteiger partial charge in [0.15, 0.2) is 23.0 Å². The molecule has 0 aliphatic heterocycles. The van der Waals surface area contributed by atoms with E-state index >= 15 is 0 Å². The number of nitriles is 1. The van der Waals surface area contributed by atoms with Gasteiger partial charge in [-0.25, -0.2) is 0 Å². The third kappa shape index (κ3) is 8.19. The monoisotopic (exact) mass is 540 g/mol. The zero-order valence-electron chi connectivity index (χ0n) is 25.5. The molecule has 0 fully saturated rings. The highest BCUT2D eigenvalue weighted by molar-refractivity contribution is 5.60. The Morgan fingerprint density at radius 2 is 1.33 bits per heavy atom. The predicted octanol–water partition coefficient (Wildman–Crippen LogP) is 6.44. The summed E-state index contributed by atoms with van der Waals surface area (Å²) in [6, 6.07) is 8.70. The topological polar surface area (TPSA) is 73.2 Å². The fourth-order valence-electron chi connectivity index (χ4n) is 5.09. The van der Waals surface area contributed by atoms with Crippen molar-refractivity contribution in [1.82, 2.24) is 4.90 Å². The first-order valence-corrected chi connectivity index (χ1v) is 13.9. The molecule has 0 saturated heterocycles. The second-order valence-electron chi connectivity index (χ2n) is 10.3. The van der Waals surface area contributed by atoms with Crippen LogP contribution >= 0.6 is 0 Å². The van der Waals surface area contributed by atoms with E-state index in [0.717, 1.165) is 74.2 Å². The molecule has 1 unspecified atom stereocenters. The summed E-state index contributed by atoms with van der Waals surface area (Å²) in [5.41, 5.74) is 4.62. The van der Waals surface area contributed by atoms with Gasteiger partial charge in [-0.15, -0.1) is 0 Å². The summed E-state index contributed by atoms with van der Waals surface area (Å²) in [6.45, 7) is 8.19. The first-order valence-electron chi connectivity index (χ1n) is 13.9. The lowest BCUT2D eigenvalue weighted by Crippen LogP contribution is -2.23. The lowest BCUT2D eigenvalue weighted by molar-refractivity contribution is 0.316. The van der Waals surface area contributed by atoms with Gasteiger partial charge in [0.1, 0.15) is 0 Å². The molecule has 0 aliphatic rings. The number of aryl methyl sites for hydroxylation is 1. The lowest BCUT2D eigenvalue weighted by atomic mass is 9.84. The van der Waals surface area contributed by atoms with E-state index in [0.29, 0.717) is 17.2 Å². The van der Waals surface area contributed by atoms with E-state index in [-0.39, 0.29) is 11.8 Å². The summed E-state index contributed by atoms with van der Waals surface area (Å²) in [5, 5.41) is 9.98. The van der Waals surface area contributed by atoms with Crippen molar-refractivity contribution in [2.45, 2.75) is 65.2 Å². The van der Waals surface area contributed by atoms with Crippen LogP contribution in [0.3, 0.4) is 0 Å². The lowest BCUT2D eigenvalue weighted by Gasteiger charge is -2.24. The Kier molecular flexibility index (Phi) is 13.3. The smallest absolute Gasteiger partial charge is 0.203 e. The first-order chi connectivity index (χ1) is 18.8. The minimum Gasteiger partial charge on any atom is -0.493 e. The van der Waals surface area contributed by atoms with Crippen LogP contribution in [-0.2, 0) is 19.3 Å². The fraction of sp³-hybridized carbons (Fsp3) is 0.594. The molecule has 0 saturated carbocycles. The van der Waals surface area contributed by atoms with E-state index in [9.17, 15) is 5.26 Å². The van der Waals surface area contributed by atoms with Crippen molar-refractivity contribution in [1.29, 1.82) is 5.26 Å². The molecule has 0 radical (unpaired) electrons. The predicted molar refractivity (Wildman–Crippen MR) is 157 cm³/mol. The zero-order chi connectivity index (χ0) is 28.9. The van der Waals surface area contributed by atoms with Crippen LogP contribution in [0.1, 0.15) is 68.2 Å². The highest BCUT2D eigenvalue weighted by Gasteiger charge is 2.26. The number of likely N-dealkylation sites (N-methyl/N-ethyl adjacent to an activating group) is 1. The largest absolute Gasteiger partial charge is 0.493 e. The van der Waals surface area contributed by atoms with Crippen molar-refractivity contribution in [3.05, 3.63) is 40.5 Å². The van der Waals surface area contributed by atoms with Gasteiger partial charge in [-0.3, -0.25) is 0 Å². The highest BCUT2D eigenvalue weighted by Crippen LogP contribution is 2.45. The van der Waals surface area contributed by atoms with E-state index in [1.807, 2.05) is 6.07 Å². The van der Waals surface area contributed by atoms with Gasteiger partial charge in [-0.2, -0.15) is 5.26 Å². The highest BCUT2D eigenvalue weighted by atomic mass is 16.5. The molecule has 0 bridgehead atoms. The standard InChI is InChI=1S/C32H48N2O5/c1-10-11-13-23-18-28(35-5)29(36-6)19-24(23)15-17-34(4)16-12-14-25-26(27(21-33)22(2)3)20-30(37-7)32(39-9)31(25)38-8/h18-20,22,27H,10-17H2,1-9H3. The van der Waals surface area contributed by atoms with Gasteiger partial charge in [-0.1, -0.05) is 27.2 Å². The number of hydrogen-bond donors (Lipinski definition) is 0. The molecule has 2 rings (SSSR count). The van der Waals surface area contributed by atoms with Crippen molar-refractivity contribution in [2.24, 2.45) is 5.92 Å². The maximum absolute atomic E-state index is 9.98. The normalized spacial score (nSPS) is 11.8. The molecule has 0 N–H and O–H groups in total. The van der Waals surface area contributed by atoms with E-state index < -0.39 is 0 Å². The number of nitrogens with zero attached hydrogens (tertiary/aromatic N) is 2. The summed E-state index contributed by atoms with van der Waals surface area (Å²) in [6.07, 6.45) is 5.96. The Morgan fingerprint density at radius 1 is 0.744 bits per heavy atom. The Labute approximate surface area is 236 Å². The van der Waals surface area contributed by atoms with Crippen LogP contribution in [0.2, 0.25) is 0 Å². The molecule has 0 amide bonds. The summed E-state index contributed by atoms with van der Waals surface area (Å²) < 4.78 is 28.2. The molecule has 216 valence electrons. The fourth-order valence-corrected chi connectivity index (χ4v) is 5.09. The molecule has 0 heterocycles. The third-order valence-electron chi connectivity index (χ3n) is 7.34. The minimum atomic E-state index is -0.266. The average molecular weight is 541 g/mol. The van der Waals surface area contributed by atoms with Crippen LogP contribution in [0, 0.1) is 17.2 Å². The minimum absolute atomic E-state index is 0.155. The molecule has 39 heavy (non-hydrogen) atoms. The Morgan fingerprint density at radius 3 is 1.82 bits per heavy atom. The van der Waals surface area contributed by atoms with Crippen molar-refractivity contribution in [3.63, 3.8) is 0 Å². The summed E-state index contributed by atoms with van der Waals surface area (Å²) in [5.74, 6) is 3.26. The molecule has 2 aromatic rings. The van der Waals surface area contributed by atoms with E-state index in [1.54, 1.807) is 35.5 Å². The summed E-state index contributed by atoms with van der Waals surface area (Å²) in [4.78, 5) is 2.36. The van der Waals surface area contributed by atoms with Crippen LogP contribution < -0.4 is 23.7 Å². The van der Waals surface area contributed by atoms with Crippen molar-refractivity contribution in [2.75, 3.05) is 55.7 Å². The molecule has 0 aliphatic carbocycles. The van der Waals surface area contributed by atoms with E-state index in [2.05, 4.69) is 50.9 Å². The number of rotatable bonds is 17. The molecule has 7 heteroatoms. The Hall–Kier alpha value is -3.11. The van der Waals surface area contributed by atoms with E-state index in [4.69, 9.17) is 23.7 Å². The van der Waals surface area contributed by atoms with Crippen molar-refractivity contribution < 1.29 is 23.7 Å². The molecule has 0 spiro atoms. The molecule has 1 atom stereocenters. The first kappa shape index (κ1) is 32.1. The second-order valence-corrected chi connectivity index (χ2v) is 10.3. The molecule has 7 nitrogen and oxygen atoms in total. The van der Waals surface area contributed by atoms with Crippen molar-refractivity contribution in [3.8, 4) is 34.8 Å². The van der Waals surface area contributed by atoms with Gasteiger partial charge in [0.2, 0.25) is 5.75 Å². The average Bonchev–Trinajstić information content (AvgIpc) is 2.94. The SMILES string of the molecule is CCCCc1cc(OC)c(OC)cc1CCN(C)CCCc1c(C(C#N)C(C)C)cc(OC)c(OC)c1OC.